The highest BCUT2D eigenvalue weighted by Gasteiger charge is 2.04. The molecule has 0 atom stereocenters. The predicted molar refractivity (Wildman–Crippen MR) is 60.4 cm³/mol. The molecule has 0 bridgehead atoms. The number of nitrogen functional groups attached to an aromatic ring is 1. The van der Waals surface area contributed by atoms with Crippen LogP contribution in [0.4, 0.5) is 5.82 Å². The minimum atomic E-state index is 0.421. The molecule has 0 fully saturated rings. The molecule has 0 unspecified atom stereocenters. The summed E-state index contributed by atoms with van der Waals surface area (Å²) in [5.41, 5.74) is 7.36. The van der Waals surface area contributed by atoms with E-state index in [9.17, 15) is 0 Å². The maximum Gasteiger partial charge on any atom is 0.161 e. The average Bonchev–Trinajstić information content (AvgIpc) is 2.30. The van der Waals surface area contributed by atoms with E-state index < -0.39 is 0 Å². The molecule has 5 nitrogen and oxygen atoms in total. The monoisotopic (exact) mass is 216 g/mol. The van der Waals surface area contributed by atoms with Gasteiger partial charge in [-0.05, 0) is 12.1 Å². The lowest BCUT2D eigenvalue weighted by Gasteiger charge is -2.04. The van der Waals surface area contributed by atoms with Gasteiger partial charge in [0, 0.05) is 31.1 Å². The highest BCUT2D eigenvalue weighted by atomic mass is 16.5. The Morgan fingerprint density at radius 1 is 1.25 bits per heavy atom. The van der Waals surface area contributed by atoms with Gasteiger partial charge in [0.2, 0.25) is 0 Å². The second kappa shape index (κ2) is 4.67. The molecule has 2 aromatic heterocycles. The first-order chi connectivity index (χ1) is 7.79. The minimum Gasteiger partial charge on any atom is -0.384 e. The standard InChI is InChI=1S/C11H12N4O/c1-16-7-9-6-10(12)15-11(14-9)8-2-4-13-5-3-8/h2-6H,7H2,1H3,(H2,12,14,15). The van der Waals surface area contributed by atoms with Crippen molar-refractivity contribution >= 4 is 5.82 Å². The number of methoxy groups -OCH3 is 1. The van der Waals surface area contributed by atoms with Crippen LogP contribution in [0, 0.1) is 0 Å². The zero-order valence-electron chi connectivity index (χ0n) is 8.92. The summed E-state index contributed by atoms with van der Waals surface area (Å²) < 4.78 is 5.02. The molecule has 0 aliphatic heterocycles. The Balaban J connectivity index is 2.41. The zero-order valence-corrected chi connectivity index (χ0v) is 8.92. The van der Waals surface area contributed by atoms with Crippen LogP contribution in [-0.4, -0.2) is 22.1 Å². The SMILES string of the molecule is COCc1cc(N)nc(-c2ccncc2)n1. The van der Waals surface area contributed by atoms with E-state index in [0.717, 1.165) is 11.3 Å². The van der Waals surface area contributed by atoms with E-state index in [1.54, 1.807) is 25.6 Å². The number of ether oxygens (including phenoxy) is 1. The number of hydrogen-bond donors (Lipinski definition) is 1. The number of hydrogen-bond acceptors (Lipinski definition) is 5. The van der Waals surface area contributed by atoms with Crippen LogP contribution in [0.15, 0.2) is 30.6 Å². The molecule has 2 rings (SSSR count). The number of rotatable bonds is 3. The topological polar surface area (TPSA) is 73.9 Å². The summed E-state index contributed by atoms with van der Waals surface area (Å²) in [6, 6.07) is 5.38. The van der Waals surface area contributed by atoms with Crippen LogP contribution in [-0.2, 0) is 11.3 Å². The van der Waals surface area contributed by atoms with E-state index >= 15 is 0 Å². The van der Waals surface area contributed by atoms with Crippen molar-refractivity contribution in [1.29, 1.82) is 0 Å². The first-order valence-corrected chi connectivity index (χ1v) is 4.82. The van der Waals surface area contributed by atoms with Crippen molar-refractivity contribution in [2.24, 2.45) is 0 Å². The normalized spacial score (nSPS) is 10.3. The fourth-order valence-electron chi connectivity index (χ4n) is 1.37. The van der Waals surface area contributed by atoms with Crippen LogP contribution in [0.1, 0.15) is 5.69 Å². The molecule has 16 heavy (non-hydrogen) atoms. The molecular formula is C11H12N4O. The summed E-state index contributed by atoms with van der Waals surface area (Å²) >= 11 is 0. The maximum absolute atomic E-state index is 5.70. The molecule has 0 saturated carbocycles. The van der Waals surface area contributed by atoms with Crippen LogP contribution in [0.2, 0.25) is 0 Å². The summed E-state index contributed by atoms with van der Waals surface area (Å²) in [6.45, 7) is 0.421. The quantitative estimate of drug-likeness (QED) is 0.836. The molecule has 2 aromatic rings. The molecule has 0 aliphatic rings. The van der Waals surface area contributed by atoms with Crippen LogP contribution in [0.5, 0.6) is 0 Å². The van der Waals surface area contributed by atoms with Gasteiger partial charge in [-0.25, -0.2) is 9.97 Å². The van der Waals surface area contributed by atoms with Gasteiger partial charge in [0.05, 0.1) is 12.3 Å². The Labute approximate surface area is 93.3 Å². The number of aromatic nitrogens is 3. The van der Waals surface area contributed by atoms with E-state index in [1.807, 2.05) is 12.1 Å². The first kappa shape index (κ1) is 10.5. The van der Waals surface area contributed by atoms with Gasteiger partial charge in [-0.15, -0.1) is 0 Å². The second-order valence-corrected chi connectivity index (χ2v) is 3.28. The molecule has 5 heteroatoms. The van der Waals surface area contributed by atoms with E-state index in [4.69, 9.17) is 10.5 Å². The van der Waals surface area contributed by atoms with E-state index in [-0.39, 0.29) is 0 Å². The van der Waals surface area contributed by atoms with Gasteiger partial charge >= 0.3 is 0 Å². The molecule has 2 N–H and O–H groups in total. The Morgan fingerprint density at radius 3 is 2.69 bits per heavy atom. The van der Waals surface area contributed by atoms with Gasteiger partial charge in [-0.3, -0.25) is 4.98 Å². The van der Waals surface area contributed by atoms with Crippen molar-refractivity contribution in [3.05, 3.63) is 36.3 Å². The summed E-state index contributed by atoms with van der Waals surface area (Å²) in [4.78, 5) is 12.5. The van der Waals surface area contributed by atoms with Crippen molar-refractivity contribution < 1.29 is 4.74 Å². The van der Waals surface area contributed by atoms with Gasteiger partial charge in [-0.1, -0.05) is 0 Å². The lowest BCUT2D eigenvalue weighted by molar-refractivity contribution is 0.181. The third-order valence-electron chi connectivity index (χ3n) is 2.03. The van der Waals surface area contributed by atoms with Crippen LogP contribution in [0.25, 0.3) is 11.4 Å². The highest BCUT2D eigenvalue weighted by Crippen LogP contribution is 2.15. The molecule has 0 saturated heterocycles. The largest absolute Gasteiger partial charge is 0.384 e. The predicted octanol–water partition coefficient (Wildman–Crippen LogP) is 1.27. The van der Waals surface area contributed by atoms with Crippen LogP contribution in [0.3, 0.4) is 0 Å². The molecule has 82 valence electrons. The highest BCUT2D eigenvalue weighted by molar-refractivity contribution is 5.55. The zero-order chi connectivity index (χ0) is 11.4. The smallest absolute Gasteiger partial charge is 0.161 e. The average molecular weight is 216 g/mol. The van der Waals surface area contributed by atoms with Gasteiger partial charge < -0.3 is 10.5 Å². The summed E-state index contributed by atoms with van der Waals surface area (Å²) in [5, 5.41) is 0. The summed E-state index contributed by atoms with van der Waals surface area (Å²) in [7, 11) is 1.62. The molecule has 2 heterocycles. The maximum atomic E-state index is 5.70. The number of nitrogens with zero attached hydrogens (tertiary/aromatic N) is 3. The van der Waals surface area contributed by atoms with Gasteiger partial charge in [0.25, 0.3) is 0 Å². The number of anilines is 1. The van der Waals surface area contributed by atoms with E-state index in [2.05, 4.69) is 15.0 Å². The molecule has 0 amide bonds. The summed E-state index contributed by atoms with van der Waals surface area (Å²) in [5.74, 6) is 1.03. The first-order valence-electron chi connectivity index (χ1n) is 4.82. The van der Waals surface area contributed by atoms with Gasteiger partial charge in [0.1, 0.15) is 5.82 Å². The van der Waals surface area contributed by atoms with Crippen LogP contribution < -0.4 is 5.73 Å². The fourth-order valence-corrected chi connectivity index (χ4v) is 1.37. The third kappa shape index (κ3) is 2.32. The van der Waals surface area contributed by atoms with E-state index in [1.165, 1.54) is 0 Å². The molecule has 0 aromatic carbocycles. The fraction of sp³-hybridized carbons (Fsp3) is 0.182. The van der Waals surface area contributed by atoms with E-state index in [0.29, 0.717) is 18.2 Å². The number of pyridine rings is 1. The Bertz CT molecular complexity index is 473. The van der Waals surface area contributed by atoms with Crippen molar-refractivity contribution in [2.75, 3.05) is 12.8 Å². The molecule has 0 spiro atoms. The molecular weight excluding hydrogens is 204 g/mol. The Kier molecular flexibility index (Phi) is 3.07. The number of nitrogens with two attached hydrogens (primary N) is 1. The van der Waals surface area contributed by atoms with Crippen molar-refractivity contribution in [2.45, 2.75) is 6.61 Å². The lowest BCUT2D eigenvalue weighted by Crippen LogP contribution is -2.01. The molecule has 0 radical (unpaired) electrons. The van der Waals surface area contributed by atoms with Gasteiger partial charge in [0.15, 0.2) is 5.82 Å². The minimum absolute atomic E-state index is 0.421. The van der Waals surface area contributed by atoms with Crippen molar-refractivity contribution in [1.82, 2.24) is 15.0 Å². The second-order valence-electron chi connectivity index (χ2n) is 3.28. The van der Waals surface area contributed by atoms with Gasteiger partial charge in [-0.2, -0.15) is 0 Å². The Hall–Kier alpha value is -2.01. The summed E-state index contributed by atoms with van der Waals surface area (Å²) in [6.07, 6.45) is 3.38. The lowest BCUT2D eigenvalue weighted by atomic mass is 10.2. The van der Waals surface area contributed by atoms with Crippen molar-refractivity contribution in [3.8, 4) is 11.4 Å². The Morgan fingerprint density at radius 2 is 2.00 bits per heavy atom. The van der Waals surface area contributed by atoms with Crippen LogP contribution >= 0.6 is 0 Å². The van der Waals surface area contributed by atoms with Crippen molar-refractivity contribution in [3.63, 3.8) is 0 Å². The third-order valence-corrected chi connectivity index (χ3v) is 2.03. The molecule has 0 aliphatic carbocycles.